The van der Waals surface area contributed by atoms with Crippen molar-refractivity contribution in [3.05, 3.63) is 36.2 Å². The lowest BCUT2D eigenvalue weighted by Crippen LogP contribution is -2.42. The molecule has 0 saturated heterocycles. The van der Waals surface area contributed by atoms with Crippen LogP contribution in [0.5, 0.6) is 5.75 Å². The third kappa shape index (κ3) is 3.78. The van der Waals surface area contributed by atoms with Crippen LogP contribution in [0.1, 0.15) is 30.3 Å². The number of hydrogen-bond acceptors (Lipinski definition) is 5. The number of benzene rings is 1. The topological polar surface area (TPSA) is 97.5 Å². The zero-order chi connectivity index (χ0) is 18.0. The van der Waals surface area contributed by atoms with Gasteiger partial charge in [0.05, 0.1) is 13.3 Å². The summed E-state index contributed by atoms with van der Waals surface area (Å²) in [4.78, 5) is 25.5. The number of hydrogen-bond donors (Lipinski definition) is 1. The zero-order valence-corrected chi connectivity index (χ0v) is 14.1. The number of nitrogens with zero attached hydrogens (tertiary/aromatic N) is 4. The van der Waals surface area contributed by atoms with Gasteiger partial charge in [0.15, 0.2) is 5.69 Å². The molecule has 1 N–H and O–H groups in total. The number of amides is 1. The molecule has 8 heteroatoms. The van der Waals surface area contributed by atoms with Crippen LogP contribution in [0.15, 0.2) is 30.5 Å². The largest absolute Gasteiger partial charge is 0.497 e. The van der Waals surface area contributed by atoms with Gasteiger partial charge in [-0.15, -0.1) is 5.10 Å². The number of methoxy groups -OCH3 is 1. The van der Waals surface area contributed by atoms with Gasteiger partial charge in [0.2, 0.25) is 5.91 Å². The van der Waals surface area contributed by atoms with Gasteiger partial charge in [-0.2, -0.15) is 0 Å². The Labute approximate surface area is 145 Å². The molecule has 1 unspecified atom stereocenters. The summed E-state index contributed by atoms with van der Waals surface area (Å²) in [5, 5.41) is 16.2. The maximum Gasteiger partial charge on any atom is 0.358 e. The fraction of sp³-hybridized carbons (Fsp3) is 0.412. The van der Waals surface area contributed by atoms with Crippen molar-refractivity contribution in [3.63, 3.8) is 0 Å². The quantitative estimate of drug-likeness (QED) is 0.823. The average Bonchev–Trinajstić information content (AvgIpc) is 3.35. The molecule has 1 aliphatic rings. The normalized spacial score (nSPS) is 14.8. The van der Waals surface area contributed by atoms with E-state index in [-0.39, 0.29) is 24.2 Å². The number of carboxylic acid groups (broad SMARTS) is 1. The second-order valence-electron chi connectivity index (χ2n) is 6.15. The maximum atomic E-state index is 12.9. The molecule has 3 rings (SSSR count). The van der Waals surface area contributed by atoms with Crippen molar-refractivity contribution >= 4 is 17.6 Å². The molecule has 1 heterocycles. The minimum atomic E-state index is -1.17. The first-order valence-corrected chi connectivity index (χ1v) is 8.09. The van der Waals surface area contributed by atoms with Crippen molar-refractivity contribution in [2.45, 2.75) is 32.4 Å². The van der Waals surface area contributed by atoms with Gasteiger partial charge < -0.3 is 14.7 Å². The van der Waals surface area contributed by atoms with Crippen molar-refractivity contribution in [3.8, 4) is 5.75 Å². The summed E-state index contributed by atoms with van der Waals surface area (Å²) < 4.78 is 6.42. The van der Waals surface area contributed by atoms with Crippen LogP contribution >= 0.6 is 0 Å². The number of anilines is 1. The molecule has 8 nitrogen and oxygen atoms in total. The van der Waals surface area contributed by atoms with Gasteiger partial charge in [0, 0.05) is 11.7 Å². The Kier molecular flexibility index (Phi) is 4.69. The van der Waals surface area contributed by atoms with E-state index in [4.69, 9.17) is 9.84 Å². The summed E-state index contributed by atoms with van der Waals surface area (Å²) in [5.74, 6) is -0.127. The van der Waals surface area contributed by atoms with E-state index >= 15 is 0 Å². The Bertz CT molecular complexity index is 767. The lowest BCUT2D eigenvalue weighted by Gasteiger charge is -2.29. The molecular formula is C17H20N4O4. The molecule has 25 heavy (non-hydrogen) atoms. The average molecular weight is 344 g/mol. The van der Waals surface area contributed by atoms with Gasteiger partial charge in [-0.25, -0.2) is 9.48 Å². The zero-order valence-electron chi connectivity index (χ0n) is 14.1. The van der Waals surface area contributed by atoms with Crippen LogP contribution in [0.25, 0.3) is 0 Å². The number of carboxylic acids is 1. The molecule has 1 saturated carbocycles. The molecule has 1 atom stereocenters. The number of aromatic carboxylic acids is 1. The summed E-state index contributed by atoms with van der Waals surface area (Å²) in [6, 6.07) is 7.38. The highest BCUT2D eigenvalue weighted by Gasteiger charge is 2.35. The van der Waals surface area contributed by atoms with E-state index in [9.17, 15) is 9.59 Å². The minimum absolute atomic E-state index is 0.0587. The highest BCUT2D eigenvalue weighted by Crippen LogP contribution is 2.37. The molecule has 0 aliphatic heterocycles. The number of aromatic nitrogens is 3. The third-order valence-electron chi connectivity index (χ3n) is 4.39. The number of ether oxygens (including phenoxy) is 1. The van der Waals surface area contributed by atoms with Crippen LogP contribution in [-0.2, 0) is 11.3 Å². The second kappa shape index (κ2) is 6.92. The highest BCUT2D eigenvalue weighted by molar-refractivity contribution is 5.94. The Morgan fingerprint density at radius 3 is 2.56 bits per heavy atom. The molecule has 1 aromatic heterocycles. The molecule has 132 valence electrons. The predicted molar refractivity (Wildman–Crippen MR) is 89.6 cm³/mol. The van der Waals surface area contributed by atoms with E-state index in [1.807, 2.05) is 31.2 Å². The molecule has 0 radical (unpaired) electrons. The van der Waals surface area contributed by atoms with E-state index in [0.29, 0.717) is 5.92 Å². The van der Waals surface area contributed by atoms with Gasteiger partial charge >= 0.3 is 5.97 Å². The summed E-state index contributed by atoms with van der Waals surface area (Å²) >= 11 is 0. The van der Waals surface area contributed by atoms with Gasteiger partial charge in [0.1, 0.15) is 12.3 Å². The molecule has 0 spiro atoms. The Balaban J connectivity index is 1.82. The van der Waals surface area contributed by atoms with Crippen molar-refractivity contribution in [1.82, 2.24) is 15.0 Å². The third-order valence-corrected chi connectivity index (χ3v) is 4.39. The van der Waals surface area contributed by atoms with Gasteiger partial charge in [-0.05, 0) is 49.9 Å². The smallest absolute Gasteiger partial charge is 0.358 e. The van der Waals surface area contributed by atoms with Gasteiger partial charge in [-0.1, -0.05) is 5.21 Å². The lowest BCUT2D eigenvalue weighted by molar-refractivity contribution is -0.119. The van der Waals surface area contributed by atoms with Crippen LogP contribution in [-0.4, -0.2) is 45.1 Å². The van der Waals surface area contributed by atoms with Crippen LogP contribution in [0.2, 0.25) is 0 Å². The molecule has 2 aromatic rings. The van der Waals surface area contributed by atoms with E-state index < -0.39 is 5.97 Å². The van der Waals surface area contributed by atoms with E-state index in [2.05, 4.69) is 10.3 Å². The fourth-order valence-corrected chi connectivity index (χ4v) is 2.83. The first-order chi connectivity index (χ1) is 12.0. The van der Waals surface area contributed by atoms with Crippen molar-refractivity contribution in [2.75, 3.05) is 12.0 Å². The molecule has 0 bridgehead atoms. The standard InChI is InChI=1S/C17H20N4O4/c1-11(12-3-4-12)21(13-5-7-14(25-2)8-6-13)16(22)10-20-9-15(17(23)24)18-19-20/h5-9,11-12H,3-4,10H2,1-2H3,(H,23,24). The van der Waals surface area contributed by atoms with E-state index in [1.165, 1.54) is 10.9 Å². The number of carbonyl (C=O) groups excluding carboxylic acids is 1. The molecular weight excluding hydrogens is 324 g/mol. The number of carbonyl (C=O) groups is 2. The fourth-order valence-electron chi connectivity index (χ4n) is 2.83. The van der Waals surface area contributed by atoms with Crippen LogP contribution < -0.4 is 9.64 Å². The number of rotatable bonds is 7. The lowest BCUT2D eigenvalue weighted by atomic mass is 10.1. The second-order valence-corrected chi connectivity index (χ2v) is 6.15. The van der Waals surface area contributed by atoms with E-state index in [1.54, 1.807) is 12.0 Å². The highest BCUT2D eigenvalue weighted by atomic mass is 16.5. The molecule has 1 fully saturated rings. The van der Waals surface area contributed by atoms with E-state index in [0.717, 1.165) is 24.3 Å². The Morgan fingerprint density at radius 1 is 1.36 bits per heavy atom. The van der Waals surface area contributed by atoms with Gasteiger partial charge in [0.25, 0.3) is 0 Å². The van der Waals surface area contributed by atoms with Crippen molar-refractivity contribution in [1.29, 1.82) is 0 Å². The summed E-state index contributed by atoms with van der Waals surface area (Å²) in [6.45, 7) is 1.97. The summed E-state index contributed by atoms with van der Waals surface area (Å²) in [5.41, 5.74) is 0.600. The summed E-state index contributed by atoms with van der Waals surface area (Å²) in [7, 11) is 1.59. The van der Waals surface area contributed by atoms with Crippen LogP contribution in [0.3, 0.4) is 0 Å². The SMILES string of the molecule is COc1ccc(N(C(=O)Cn2cc(C(=O)O)nn2)C(C)C2CC2)cc1. The van der Waals surface area contributed by atoms with Gasteiger partial charge in [-0.3, -0.25) is 4.79 Å². The molecule has 1 aromatic carbocycles. The summed E-state index contributed by atoms with van der Waals surface area (Å²) in [6.07, 6.45) is 3.47. The Hall–Kier alpha value is -2.90. The van der Waals surface area contributed by atoms with Crippen molar-refractivity contribution in [2.24, 2.45) is 5.92 Å². The van der Waals surface area contributed by atoms with Crippen molar-refractivity contribution < 1.29 is 19.4 Å². The molecule has 1 amide bonds. The first kappa shape index (κ1) is 16.9. The predicted octanol–water partition coefficient (Wildman–Crippen LogP) is 1.82. The molecule has 1 aliphatic carbocycles. The Morgan fingerprint density at radius 2 is 2.04 bits per heavy atom. The first-order valence-electron chi connectivity index (χ1n) is 8.09. The maximum absolute atomic E-state index is 12.9. The monoisotopic (exact) mass is 344 g/mol. The minimum Gasteiger partial charge on any atom is -0.497 e. The van der Waals surface area contributed by atoms with Crippen LogP contribution in [0.4, 0.5) is 5.69 Å². The van der Waals surface area contributed by atoms with Crippen LogP contribution in [0, 0.1) is 5.92 Å².